The SMILES string of the molecule is C=CC(C)(C)c1c(O)cc(CCCCC)cc1O. The Bertz CT molecular complexity index is 396. The zero-order valence-electron chi connectivity index (χ0n) is 11.7. The van der Waals surface area contributed by atoms with Gasteiger partial charge in [0.15, 0.2) is 0 Å². The highest BCUT2D eigenvalue weighted by atomic mass is 16.3. The first kappa shape index (κ1) is 14.6. The van der Waals surface area contributed by atoms with Gasteiger partial charge in [-0.05, 0) is 30.5 Å². The van der Waals surface area contributed by atoms with E-state index in [0.29, 0.717) is 5.56 Å². The second-order valence-corrected chi connectivity index (χ2v) is 5.39. The van der Waals surface area contributed by atoms with Crippen LogP contribution in [0.4, 0.5) is 0 Å². The third-order valence-corrected chi connectivity index (χ3v) is 3.38. The van der Waals surface area contributed by atoms with Gasteiger partial charge in [0, 0.05) is 11.0 Å². The Morgan fingerprint density at radius 1 is 1.17 bits per heavy atom. The molecule has 0 spiro atoms. The predicted octanol–water partition coefficient (Wildman–Crippen LogP) is 4.29. The number of hydrogen-bond donors (Lipinski definition) is 2. The van der Waals surface area contributed by atoms with Crippen molar-refractivity contribution in [3.8, 4) is 11.5 Å². The molecule has 0 aromatic heterocycles. The number of unbranched alkanes of at least 4 members (excludes halogenated alkanes) is 2. The van der Waals surface area contributed by atoms with Crippen LogP contribution in [0.15, 0.2) is 24.8 Å². The second-order valence-electron chi connectivity index (χ2n) is 5.39. The summed E-state index contributed by atoms with van der Waals surface area (Å²) >= 11 is 0. The summed E-state index contributed by atoms with van der Waals surface area (Å²) in [6, 6.07) is 3.52. The van der Waals surface area contributed by atoms with Crippen molar-refractivity contribution >= 4 is 0 Å². The number of allylic oxidation sites excluding steroid dienone is 1. The van der Waals surface area contributed by atoms with Crippen molar-refractivity contribution in [2.75, 3.05) is 0 Å². The maximum Gasteiger partial charge on any atom is 0.123 e. The van der Waals surface area contributed by atoms with Gasteiger partial charge in [-0.1, -0.05) is 39.7 Å². The lowest BCUT2D eigenvalue weighted by Crippen LogP contribution is -2.13. The average molecular weight is 248 g/mol. The molecule has 0 unspecified atom stereocenters. The van der Waals surface area contributed by atoms with Gasteiger partial charge in [0.05, 0.1) is 0 Å². The highest BCUT2D eigenvalue weighted by Crippen LogP contribution is 2.39. The third kappa shape index (κ3) is 3.28. The zero-order chi connectivity index (χ0) is 13.8. The molecule has 0 amide bonds. The lowest BCUT2D eigenvalue weighted by atomic mass is 9.83. The molecule has 0 aliphatic rings. The van der Waals surface area contributed by atoms with Crippen molar-refractivity contribution in [1.29, 1.82) is 0 Å². The molecule has 0 fully saturated rings. The molecule has 1 aromatic carbocycles. The van der Waals surface area contributed by atoms with Gasteiger partial charge in [-0.3, -0.25) is 0 Å². The number of aryl methyl sites for hydroxylation is 1. The maximum atomic E-state index is 10.1. The van der Waals surface area contributed by atoms with E-state index < -0.39 is 5.41 Å². The standard InChI is InChI=1S/C16H24O2/c1-5-7-8-9-12-10-13(17)15(14(18)11-12)16(3,4)6-2/h6,10-11,17-18H,2,5,7-9H2,1,3-4H3. The van der Waals surface area contributed by atoms with Gasteiger partial charge in [-0.2, -0.15) is 0 Å². The minimum Gasteiger partial charge on any atom is -0.507 e. The van der Waals surface area contributed by atoms with E-state index in [2.05, 4.69) is 13.5 Å². The number of benzene rings is 1. The van der Waals surface area contributed by atoms with E-state index in [9.17, 15) is 10.2 Å². The Labute approximate surface area is 110 Å². The molecule has 0 aliphatic carbocycles. The lowest BCUT2D eigenvalue weighted by Gasteiger charge is -2.23. The van der Waals surface area contributed by atoms with Gasteiger partial charge in [0.1, 0.15) is 11.5 Å². The minimum atomic E-state index is -0.434. The normalized spacial score (nSPS) is 11.5. The Morgan fingerprint density at radius 3 is 2.17 bits per heavy atom. The van der Waals surface area contributed by atoms with E-state index in [-0.39, 0.29) is 11.5 Å². The summed E-state index contributed by atoms with van der Waals surface area (Å²) in [6.07, 6.45) is 6.04. The van der Waals surface area contributed by atoms with Crippen LogP contribution in [0, 0.1) is 0 Å². The van der Waals surface area contributed by atoms with Crippen molar-refractivity contribution < 1.29 is 10.2 Å². The average Bonchev–Trinajstić information content (AvgIpc) is 2.28. The molecule has 0 saturated carbocycles. The summed E-state index contributed by atoms with van der Waals surface area (Å²) < 4.78 is 0. The Morgan fingerprint density at radius 2 is 1.72 bits per heavy atom. The predicted molar refractivity (Wildman–Crippen MR) is 76.2 cm³/mol. The van der Waals surface area contributed by atoms with E-state index in [4.69, 9.17) is 0 Å². The smallest absolute Gasteiger partial charge is 0.123 e. The van der Waals surface area contributed by atoms with Gasteiger partial charge in [-0.25, -0.2) is 0 Å². The Balaban J connectivity index is 3.01. The van der Waals surface area contributed by atoms with Gasteiger partial charge < -0.3 is 10.2 Å². The topological polar surface area (TPSA) is 40.5 Å². The van der Waals surface area contributed by atoms with Crippen LogP contribution >= 0.6 is 0 Å². The molecule has 2 N–H and O–H groups in total. The van der Waals surface area contributed by atoms with E-state index in [1.54, 1.807) is 18.2 Å². The van der Waals surface area contributed by atoms with E-state index >= 15 is 0 Å². The minimum absolute atomic E-state index is 0.159. The quantitative estimate of drug-likeness (QED) is 0.582. The summed E-state index contributed by atoms with van der Waals surface area (Å²) in [6.45, 7) is 9.75. The molecule has 1 rings (SSSR count). The molecule has 0 heterocycles. The van der Waals surface area contributed by atoms with E-state index in [0.717, 1.165) is 18.4 Å². The summed E-state index contributed by atoms with van der Waals surface area (Å²) in [5.74, 6) is 0.317. The van der Waals surface area contributed by atoms with Gasteiger partial charge in [-0.15, -0.1) is 6.58 Å². The zero-order valence-corrected chi connectivity index (χ0v) is 11.7. The first-order valence-electron chi connectivity index (χ1n) is 6.61. The second kappa shape index (κ2) is 5.94. The van der Waals surface area contributed by atoms with Crippen LogP contribution in [0.5, 0.6) is 11.5 Å². The molecule has 0 radical (unpaired) electrons. The molecule has 100 valence electrons. The molecule has 0 bridgehead atoms. The summed E-state index contributed by atoms with van der Waals surface area (Å²) in [4.78, 5) is 0. The molecule has 2 nitrogen and oxygen atoms in total. The lowest BCUT2D eigenvalue weighted by molar-refractivity contribution is 0.419. The first-order chi connectivity index (χ1) is 8.42. The molecule has 0 aliphatic heterocycles. The van der Waals surface area contributed by atoms with Crippen LogP contribution in [-0.4, -0.2) is 10.2 Å². The number of phenols is 2. The molecule has 18 heavy (non-hydrogen) atoms. The highest BCUT2D eigenvalue weighted by molar-refractivity contribution is 5.52. The van der Waals surface area contributed by atoms with E-state index in [1.807, 2.05) is 13.8 Å². The fourth-order valence-corrected chi connectivity index (χ4v) is 2.15. The summed E-state index contributed by atoms with van der Waals surface area (Å²) in [5.41, 5.74) is 1.11. The maximum absolute atomic E-state index is 10.1. The monoisotopic (exact) mass is 248 g/mol. The number of aromatic hydroxyl groups is 2. The molecule has 0 saturated heterocycles. The van der Waals surface area contributed by atoms with Crippen molar-refractivity contribution in [1.82, 2.24) is 0 Å². The van der Waals surface area contributed by atoms with Crippen LogP contribution in [0.1, 0.15) is 51.2 Å². The van der Waals surface area contributed by atoms with Crippen molar-refractivity contribution in [2.24, 2.45) is 0 Å². The van der Waals surface area contributed by atoms with Gasteiger partial charge >= 0.3 is 0 Å². The first-order valence-corrected chi connectivity index (χ1v) is 6.61. The molecule has 2 heteroatoms. The number of phenolic OH excluding ortho intramolecular Hbond substituents is 2. The summed E-state index contributed by atoms with van der Waals surface area (Å²) in [5, 5.41) is 20.2. The fraction of sp³-hybridized carbons (Fsp3) is 0.500. The number of rotatable bonds is 6. The van der Waals surface area contributed by atoms with Crippen molar-refractivity contribution in [2.45, 2.75) is 51.9 Å². The van der Waals surface area contributed by atoms with Crippen LogP contribution < -0.4 is 0 Å². The van der Waals surface area contributed by atoms with Crippen LogP contribution in [0.2, 0.25) is 0 Å². The van der Waals surface area contributed by atoms with Crippen LogP contribution in [0.25, 0.3) is 0 Å². The largest absolute Gasteiger partial charge is 0.507 e. The van der Waals surface area contributed by atoms with Crippen molar-refractivity contribution in [3.05, 3.63) is 35.9 Å². The summed E-state index contributed by atoms with van der Waals surface area (Å²) in [7, 11) is 0. The number of hydrogen-bond acceptors (Lipinski definition) is 2. The molecular formula is C16H24O2. The highest BCUT2D eigenvalue weighted by Gasteiger charge is 2.24. The van der Waals surface area contributed by atoms with E-state index in [1.165, 1.54) is 12.8 Å². The van der Waals surface area contributed by atoms with Gasteiger partial charge in [0.2, 0.25) is 0 Å². The fourth-order valence-electron chi connectivity index (χ4n) is 2.15. The van der Waals surface area contributed by atoms with Gasteiger partial charge in [0.25, 0.3) is 0 Å². The molecule has 1 aromatic rings. The van der Waals surface area contributed by atoms with Crippen LogP contribution in [0.3, 0.4) is 0 Å². The Hall–Kier alpha value is -1.44. The van der Waals surface area contributed by atoms with Crippen LogP contribution in [-0.2, 0) is 11.8 Å². The van der Waals surface area contributed by atoms with Crippen molar-refractivity contribution in [3.63, 3.8) is 0 Å². The third-order valence-electron chi connectivity index (χ3n) is 3.38. The molecule has 0 atom stereocenters. The molecular weight excluding hydrogens is 224 g/mol. The Kier molecular flexibility index (Phi) is 4.83.